The molecular formula is C28H35IN2O7. The summed E-state index contributed by atoms with van der Waals surface area (Å²) in [5.41, 5.74) is 1.89. The number of hydrogen-bond acceptors (Lipinski definition) is 7. The monoisotopic (exact) mass is 638 g/mol. The van der Waals surface area contributed by atoms with E-state index in [1.807, 2.05) is 37.3 Å². The average molecular weight is 638 g/mol. The Labute approximate surface area is 236 Å². The molecule has 9 nitrogen and oxygen atoms in total. The largest absolute Gasteiger partial charge is 0.493 e. The van der Waals surface area contributed by atoms with Crippen LogP contribution in [0.4, 0.5) is 0 Å². The zero-order chi connectivity index (χ0) is 27.7. The van der Waals surface area contributed by atoms with E-state index in [-0.39, 0.29) is 38.6 Å². The van der Waals surface area contributed by atoms with Gasteiger partial charge in [0.2, 0.25) is 11.8 Å². The van der Waals surface area contributed by atoms with Gasteiger partial charge in [0.1, 0.15) is 12.2 Å². The number of methoxy groups -OCH3 is 1. The molecule has 0 fully saturated rings. The molecule has 3 unspecified atom stereocenters. The summed E-state index contributed by atoms with van der Waals surface area (Å²) in [5.74, 6) is 0.203. The second-order valence-corrected chi connectivity index (χ2v) is 10.2. The molecule has 206 valence electrons. The summed E-state index contributed by atoms with van der Waals surface area (Å²) in [6, 6.07) is 12.2. The van der Waals surface area contributed by atoms with E-state index in [1.165, 1.54) is 7.11 Å². The van der Waals surface area contributed by atoms with Crippen LogP contribution in [0.2, 0.25) is 0 Å². The molecule has 2 aromatic carbocycles. The van der Waals surface area contributed by atoms with Crippen LogP contribution in [0.1, 0.15) is 37.3 Å². The normalized spacial score (nSPS) is 18.9. The number of carbonyl (C=O) groups excluding carboxylic acids is 2. The van der Waals surface area contributed by atoms with Crippen LogP contribution in [0.25, 0.3) is 0 Å². The van der Waals surface area contributed by atoms with E-state index >= 15 is 0 Å². The number of amides is 2. The van der Waals surface area contributed by atoms with Gasteiger partial charge in [0.25, 0.3) is 0 Å². The van der Waals surface area contributed by atoms with Gasteiger partial charge in [-0.15, -0.1) is 0 Å². The van der Waals surface area contributed by atoms with E-state index < -0.39 is 24.2 Å². The van der Waals surface area contributed by atoms with Crippen molar-refractivity contribution in [2.24, 2.45) is 0 Å². The highest BCUT2D eigenvalue weighted by atomic mass is 127. The number of aliphatic hydroxyl groups excluding tert-OH is 3. The lowest BCUT2D eigenvalue weighted by atomic mass is 9.87. The summed E-state index contributed by atoms with van der Waals surface area (Å²) < 4.78 is 12.4. The minimum absolute atomic E-state index is 0.0752. The van der Waals surface area contributed by atoms with E-state index in [9.17, 15) is 24.9 Å². The maximum atomic E-state index is 13.3. The van der Waals surface area contributed by atoms with Gasteiger partial charge in [0.15, 0.2) is 11.5 Å². The lowest BCUT2D eigenvalue weighted by molar-refractivity contribution is -0.139. The molecule has 2 amide bonds. The lowest BCUT2D eigenvalue weighted by Crippen LogP contribution is -2.54. The predicted octanol–water partition coefficient (Wildman–Crippen LogP) is 2.54. The summed E-state index contributed by atoms with van der Waals surface area (Å²) in [6.07, 6.45) is 0.503. The second-order valence-electron chi connectivity index (χ2n) is 9.04. The van der Waals surface area contributed by atoms with Crippen molar-refractivity contribution in [3.63, 3.8) is 0 Å². The molecule has 2 aromatic rings. The third-order valence-corrected chi connectivity index (χ3v) is 7.12. The fourth-order valence-electron chi connectivity index (χ4n) is 4.42. The molecule has 1 aliphatic rings. The minimum Gasteiger partial charge on any atom is -0.493 e. The topological polar surface area (TPSA) is 129 Å². The first kappa shape index (κ1) is 29.9. The van der Waals surface area contributed by atoms with Gasteiger partial charge in [-0.05, 0) is 58.3 Å². The van der Waals surface area contributed by atoms with Gasteiger partial charge in [0, 0.05) is 31.5 Å². The standard InChI is InChI=1S/C28H35IN2O7/c1-3-7-25(34)31(16-18-8-5-4-6-9-18)22-14-20(28(36)30-10-11-32)15-23(26(22)35)38-27-21(29)12-19(17-33)13-24(27)37-2/h4-6,8-9,12-13,15,22-23,26,32-33,35H,3,7,10-11,14,16-17H2,1-2H3,(H,30,36). The second kappa shape index (κ2) is 14.5. The summed E-state index contributed by atoms with van der Waals surface area (Å²) in [7, 11) is 1.48. The highest BCUT2D eigenvalue weighted by Crippen LogP contribution is 2.37. The number of carbonyl (C=O) groups is 2. The number of nitrogens with one attached hydrogen (secondary N) is 1. The number of halogens is 1. The minimum atomic E-state index is -1.15. The molecule has 38 heavy (non-hydrogen) atoms. The number of hydrogen-bond donors (Lipinski definition) is 4. The Kier molecular flexibility index (Phi) is 11.4. The molecule has 10 heteroatoms. The lowest BCUT2D eigenvalue weighted by Gasteiger charge is -2.40. The van der Waals surface area contributed by atoms with Crippen molar-refractivity contribution in [1.29, 1.82) is 0 Å². The van der Waals surface area contributed by atoms with Crippen LogP contribution in [-0.2, 0) is 22.7 Å². The fraction of sp³-hybridized carbons (Fsp3) is 0.429. The first-order valence-corrected chi connectivity index (χ1v) is 13.7. The first-order chi connectivity index (χ1) is 18.3. The highest BCUT2D eigenvalue weighted by Gasteiger charge is 2.40. The number of benzene rings is 2. The molecule has 0 saturated carbocycles. The zero-order valence-corrected chi connectivity index (χ0v) is 23.8. The van der Waals surface area contributed by atoms with Crippen LogP contribution in [-0.4, -0.2) is 70.5 Å². The van der Waals surface area contributed by atoms with Gasteiger partial charge in [-0.3, -0.25) is 9.59 Å². The summed E-state index contributed by atoms with van der Waals surface area (Å²) >= 11 is 2.06. The third-order valence-electron chi connectivity index (χ3n) is 6.32. The molecule has 0 radical (unpaired) electrons. The van der Waals surface area contributed by atoms with Gasteiger partial charge < -0.3 is 35.0 Å². The molecule has 0 aliphatic heterocycles. The Morgan fingerprint density at radius 1 is 1.16 bits per heavy atom. The Hall–Kier alpha value is -2.67. The molecule has 0 aromatic heterocycles. The molecular weight excluding hydrogens is 603 g/mol. The van der Waals surface area contributed by atoms with E-state index in [0.29, 0.717) is 39.0 Å². The van der Waals surface area contributed by atoms with Gasteiger partial charge >= 0.3 is 0 Å². The molecule has 0 bridgehead atoms. The summed E-state index contributed by atoms with van der Waals surface area (Å²) in [4.78, 5) is 27.9. The smallest absolute Gasteiger partial charge is 0.247 e. The van der Waals surface area contributed by atoms with Crippen molar-refractivity contribution in [1.82, 2.24) is 10.2 Å². The molecule has 4 N–H and O–H groups in total. The van der Waals surface area contributed by atoms with Crippen LogP contribution in [0.15, 0.2) is 54.1 Å². The Balaban J connectivity index is 2.02. The van der Waals surface area contributed by atoms with Crippen molar-refractivity contribution in [2.45, 2.75) is 57.6 Å². The van der Waals surface area contributed by atoms with Crippen molar-refractivity contribution >= 4 is 34.4 Å². The molecule has 0 heterocycles. The number of nitrogens with zero attached hydrogens (tertiary/aromatic N) is 1. The fourth-order valence-corrected chi connectivity index (χ4v) is 5.22. The predicted molar refractivity (Wildman–Crippen MR) is 151 cm³/mol. The van der Waals surface area contributed by atoms with Gasteiger partial charge in [-0.2, -0.15) is 0 Å². The maximum Gasteiger partial charge on any atom is 0.247 e. The quantitative estimate of drug-likeness (QED) is 0.263. The van der Waals surface area contributed by atoms with Crippen molar-refractivity contribution in [3.05, 3.63) is 68.8 Å². The Morgan fingerprint density at radius 2 is 1.89 bits per heavy atom. The van der Waals surface area contributed by atoms with E-state index in [2.05, 4.69) is 27.9 Å². The molecule has 0 spiro atoms. The van der Waals surface area contributed by atoms with E-state index in [4.69, 9.17) is 9.47 Å². The van der Waals surface area contributed by atoms with Crippen LogP contribution in [0.3, 0.4) is 0 Å². The van der Waals surface area contributed by atoms with Crippen LogP contribution < -0.4 is 14.8 Å². The highest BCUT2D eigenvalue weighted by molar-refractivity contribution is 14.1. The van der Waals surface area contributed by atoms with Crippen LogP contribution >= 0.6 is 22.6 Å². The third kappa shape index (κ3) is 7.46. The number of aliphatic hydroxyl groups is 3. The van der Waals surface area contributed by atoms with Crippen molar-refractivity contribution in [2.75, 3.05) is 20.3 Å². The van der Waals surface area contributed by atoms with Crippen LogP contribution in [0.5, 0.6) is 11.5 Å². The first-order valence-electron chi connectivity index (χ1n) is 12.6. The Bertz CT molecular complexity index is 1130. The SMILES string of the molecule is CCCC(=O)N(Cc1ccccc1)C1CC(C(=O)NCCO)=CC(Oc2c(I)cc(CO)cc2OC)C1O. The van der Waals surface area contributed by atoms with Gasteiger partial charge in [0.05, 0.1) is 29.9 Å². The van der Waals surface area contributed by atoms with Gasteiger partial charge in [-0.25, -0.2) is 0 Å². The Morgan fingerprint density at radius 3 is 2.53 bits per heavy atom. The van der Waals surface area contributed by atoms with Crippen molar-refractivity contribution in [3.8, 4) is 11.5 Å². The average Bonchev–Trinajstić information content (AvgIpc) is 2.93. The summed E-state index contributed by atoms with van der Waals surface area (Å²) in [5, 5.41) is 33.0. The van der Waals surface area contributed by atoms with Crippen molar-refractivity contribution < 1.29 is 34.4 Å². The summed E-state index contributed by atoms with van der Waals surface area (Å²) in [6.45, 7) is 1.87. The molecule has 3 atom stereocenters. The zero-order valence-electron chi connectivity index (χ0n) is 21.6. The number of rotatable bonds is 12. The molecule has 1 aliphatic carbocycles. The van der Waals surface area contributed by atoms with E-state index in [0.717, 1.165) is 5.56 Å². The van der Waals surface area contributed by atoms with Gasteiger partial charge in [-0.1, -0.05) is 37.3 Å². The van der Waals surface area contributed by atoms with Crippen LogP contribution in [0, 0.1) is 3.57 Å². The van der Waals surface area contributed by atoms with E-state index in [1.54, 1.807) is 23.1 Å². The molecule has 0 saturated heterocycles. The number of ether oxygens (including phenoxy) is 2. The maximum absolute atomic E-state index is 13.3. The molecule has 3 rings (SSSR count).